The minimum Gasteiger partial charge on any atom is -0.364 e. The van der Waals surface area contributed by atoms with Crippen LogP contribution in [0.3, 0.4) is 0 Å². The number of thioether (sulfide) groups is 1. The van der Waals surface area contributed by atoms with E-state index in [0.717, 1.165) is 47.7 Å². The summed E-state index contributed by atoms with van der Waals surface area (Å²) in [6.45, 7) is 4.15. The quantitative estimate of drug-likeness (QED) is 0.787. The van der Waals surface area contributed by atoms with Crippen LogP contribution in [0.1, 0.15) is 37.4 Å². The normalized spacial score (nSPS) is 18.3. The maximum Gasteiger partial charge on any atom is 0.133 e. The van der Waals surface area contributed by atoms with Gasteiger partial charge in [0.15, 0.2) is 0 Å². The molecule has 0 N–H and O–H groups in total. The molecule has 1 aromatic heterocycles. The summed E-state index contributed by atoms with van der Waals surface area (Å²) in [5, 5.41) is 6.12. The smallest absolute Gasteiger partial charge is 0.133 e. The Hall–Kier alpha value is -1.81. The summed E-state index contributed by atoms with van der Waals surface area (Å²) >= 11 is 1.79. The molecule has 114 valence electrons. The van der Waals surface area contributed by atoms with Crippen molar-refractivity contribution in [2.75, 3.05) is 5.75 Å². The summed E-state index contributed by atoms with van der Waals surface area (Å²) in [6, 6.07) is 0. The average Bonchev–Trinajstić information content (AvgIpc) is 2.83. The van der Waals surface area contributed by atoms with E-state index in [1.807, 2.05) is 6.92 Å². The van der Waals surface area contributed by atoms with Crippen molar-refractivity contribution in [3.63, 3.8) is 0 Å². The highest BCUT2D eigenvalue weighted by atomic mass is 32.2. The second kappa shape index (κ2) is 6.97. The standard InChI is InChI=1S/C18H20N2OS/c1-3-14-5-4-6-15(8-7-14)9-16-11-22-12-18(19-16)17-10-21-20-13(17)2/h5-8,10-11H,3-4,9,12H2,1-2H3. The maximum absolute atomic E-state index is 5.04. The molecule has 0 unspecified atom stereocenters. The second-order valence-corrected chi connectivity index (χ2v) is 6.31. The van der Waals surface area contributed by atoms with Crippen LogP contribution in [0.25, 0.3) is 0 Å². The highest BCUT2D eigenvalue weighted by molar-refractivity contribution is 8.02. The molecule has 1 aliphatic heterocycles. The van der Waals surface area contributed by atoms with Gasteiger partial charge in [0.2, 0.25) is 0 Å². The van der Waals surface area contributed by atoms with Gasteiger partial charge >= 0.3 is 0 Å². The average molecular weight is 312 g/mol. The molecule has 0 saturated heterocycles. The zero-order valence-corrected chi connectivity index (χ0v) is 13.8. The number of hydrogen-bond acceptors (Lipinski definition) is 4. The first-order valence-electron chi connectivity index (χ1n) is 7.62. The number of aliphatic imine (C=N–C) groups is 1. The van der Waals surface area contributed by atoms with Crippen molar-refractivity contribution < 1.29 is 4.52 Å². The Morgan fingerprint density at radius 1 is 1.23 bits per heavy atom. The molecule has 4 heteroatoms. The molecule has 0 fully saturated rings. The van der Waals surface area contributed by atoms with Gasteiger partial charge in [-0.1, -0.05) is 42.0 Å². The van der Waals surface area contributed by atoms with Crippen LogP contribution in [0.4, 0.5) is 0 Å². The summed E-state index contributed by atoms with van der Waals surface area (Å²) in [5.41, 5.74) is 6.85. The number of rotatable bonds is 4. The Morgan fingerprint density at radius 3 is 2.82 bits per heavy atom. The summed E-state index contributed by atoms with van der Waals surface area (Å²) in [7, 11) is 0. The van der Waals surface area contributed by atoms with E-state index in [4.69, 9.17) is 9.52 Å². The monoisotopic (exact) mass is 312 g/mol. The lowest BCUT2D eigenvalue weighted by molar-refractivity contribution is 0.415. The van der Waals surface area contributed by atoms with Gasteiger partial charge in [0.05, 0.1) is 22.7 Å². The molecule has 2 aliphatic rings. The van der Waals surface area contributed by atoms with Crippen molar-refractivity contribution in [1.82, 2.24) is 5.16 Å². The van der Waals surface area contributed by atoms with Crippen LogP contribution in [0.5, 0.6) is 0 Å². The fraction of sp³-hybridized carbons (Fsp3) is 0.333. The molecule has 2 heterocycles. The van der Waals surface area contributed by atoms with E-state index in [9.17, 15) is 0 Å². The molecular weight excluding hydrogens is 292 g/mol. The van der Waals surface area contributed by atoms with E-state index >= 15 is 0 Å². The molecule has 0 saturated carbocycles. The van der Waals surface area contributed by atoms with E-state index in [2.05, 4.69) is 41.8 Å². The SMILES string of the molecule is CCC1=CCC=C(CC2=CSCC(c3conc3C)=N2)C=C1. The first-order chi connectivity index (χ1) is 10.8. The molecule has 0 bridgehead atoms. The predicted molar refractivity (Wildman–Crippen MR) is 93.1 cm³/mol. The molecule has 22 heavy (non-hydrogen) atoms. The fourth-order valence-corrected chi connectivity index (χ4v) is 3.34. The topological polar surface area (TPSA) is 38.4 Å². The summed E-state index contributed by atoms with van der Waals surface area (Å²) in [4.78, 5) is 4.81. The van der Waals surface area contributed by atoms with E-state index < -0.39 is 0 Å². The van der Waals surface area contributed by atoms with E-state index in [-0.39, 0.29) is 0 Å². The lowest BCUT2D eigenvalue weighted by Gasteiger charge is -2.12. The lowest BCUT2D eigenvalue weighted by Crippen LogP contribution is -2.08. The fourth-order valence-electron chi connectivity index (χ4n) is 2.55. The van der Waals surface area contributed by atoms with Crippen molar-refractivity contribution in [1.29, 1.82) is 0 Å². The minimum absolute atomic E-state index is 0.877. The van der Waals surface area contributed by atoms with Crippen molar-refractivity contribution in [2.45, 2.75) is 33.1 Å². The molecular formula is C18H20N2OS. The van der Waals surface area contributed by atoms with Gasteiger partial charge in [-0.2, -0.15) is 0 Å². The third-order valence-electron chi connectivity index (χ3n) is 3.84. The Kier molecular flexibility index (Phi) is 4.78. The Bertz CT molecular complexity index is 704. The van der Waals surface area contributed by atoms with Crippen molar-refractivity contribution in [3.05, 3.63) is 64.1 Å². The molecule has 0 radical (unpaired) electrons. The minimum atomic E-state index is 0.877. The van der Waals surface area contributed by atoms with E-state index in [1.54, 1.807) is 18.0 Å². The number of nitrogens with zero attached hydrogens (tertiary/aromatic N) is 2. The van der Waals surface area contributed by atoms with Crippen LogP contribution in [-0.4, -0.2) is 16.6 Å². The van der Waals surface area contributed by atoms with Crippen LogP contribution in [0.2, 0.25) is 0 Å². The first-order valence-corrected chi connectivity index (χ1v) is 8.67. The van der Waals surface area contributed by atoms with Gasteiger partial charge in [-0.15, -0.1) is 11.8 Å². The predicted octanol–water partition coefficient (Wildman–Crippen LogP) is 4.97. The number of aromatic nitrogens is 1. The summed E-state index contributed by atoms with van der Waals surface area (Å²) in [6.07, 6.45) is 13.7. The Labute approximate surface area is 135 Å². The van der Waals surface area contributed by atoms with Gasteiger partial charge < -0.3 is 4.52 Å². The molecule has 0 amide bonds. The van der Waals surface area contributed by atoms with E-state index in [0.29, 0.717) is 0 Å². The van der Waals surface area contributed by atoms with Crippen LogP contribution in [-0.2, 0) is 0 Å². The van der Waals surface area contributed by atoms with Crippen molar-refractivity contribution >= 4 is 17.5 Å². The third-order valence-corrected chi connectivity index (χ3v) is 4.72. The molecule has 3 rings (SSSR count). The van der Waals surface area contributed by atoms with Crippen LogP contribution in [0.15, 0.2) is 62.3 Å². The highest BCUT2D eigenvalue weighted by Gasteiger charge is 2.15. The molecule has 3 nitrogen and oxygen atoms in total. The summed E-state index contributed by atoms with van der Waals surface area (Å²) in [5.74, 6) is 0.877. The van der Waals surface area contributed by atoms with Gasteiger partial charge in [0.1, 0.15) is 6.26 Å². The zero-order valence-electron chi connectivity index (χ0n) is 13.0. The molecule has 0 spiro atoms. The lowest BCUT2D eigenvalue weighted by atomic mass is 10.1. The molecule has 1 aliphatic carbocycles. The van der Waals surface area contributed by atoms with Gasteiger partial charge in [-0.05, 0) is 30.7 Å². The molecule has 0 aromatic carbocycles. The van der Waals surface area contributed by atoms with Gasteiger partial charge in [0, 0.05) is 12.2 Å². The second-order valence-electron chi connectivity index (χ2n) is 5.45. The zero-order chi connectivity index (χ0) is 15.4. The van der Waals surface area contributed by atoms with Crippen LogP contribution < -0.4 is 0 Å². The van der Waals surface area contributed by atoms with Crippen molar-refractivity contribution in [3.8, 4) is 0 Å². The highest BCUT2D eigenvalue weighted by Crippen LogP contribution is 2.26. The van der Waals surface area contributed by atoms with E-state index in [1.165, 1.54) is 11.1 Å². The van der Waals surface area contributed by atoms with Gasteiger partial charge in [-0.25, -0.2) is 0 Å². The van der Waals surface area contributed by atoms with Crippen LogP contribution >= 0.6 is 11.8 Å². The van der Waals surface area contributed by atoms with Gasteiger partial charge in [0.25, 0.3) is 0 Å². The first kappa shape index (κ1) is 15.1. The third kappa shape index (κ3) is 3.50. The molecule has 1 aromatic rings. The maximum atomic E-state index is 5.04. The number of aryl methyl sites for hydroxylation is 1. The number of allylic oxidation sites excluding steroid dienone is 6. The Morgan fingerprint density at radius 2 is 2.05 bits per heavy atom. The largest absolute Gasteiger partial charge is 0.364 e. The number of hydrogen-bond donors (Lipinski definition) is 0. The molecule has 0 atom stereocenters. The Balaban J connectivity index is 1.74. The summed E-state index contributed by atoms with van der Waals surface area (Å²) < 4.78 is 5.04. The van der Waals surface area contributed by atoms with Crippen molar-refractivity contribution in [2.24, 2.45) is 4.99 Å². The van der Waals surface area contributed by atoms with Gasteiger partial charge in [-0.3, -0.25) is 4.99 Å². The van der Waals surface area contributed by atoms with Crippen LogP contribution in [0, 0.1) is 6.92 Å².